The first kappa shape index (κ1) is 18.7. The number of carbonyl (C=O) groups excluding carboxylic acids is 2. The Morgan fingerprint density at radius 1 is 1.11 bits per heavy atom. The fourth-order valence-electron chi connectivity index (χ4n) is 0.414. The van der Waals surface area contributed by atoms with Crippen molar-refractivity contribution in [2.45, 2.75) is 27.0 Å². The molecule has 0 aliphatic rings. The number of hydrogen-bond acceptors (Lipinski definition) is 4. The van der Waals surface area contributed by atoms with Crippen LogP contribution in [0.4, 0.5) is 0 Å². The highest BCUT2D eigenvalue weighted by Gasteiger charge is 2.22. The first-order chi connectivity index (χ1) is 7.89. The molecule has 0 saturated heterocycles. The highest BCUT2D eigenvalue weighted by Crippen LogP contribution is 2.06. The lowest BCUT2D eigenvalue weighted by atomic mass is 10.3. The zero-order valence-corrected chi connectivity index (χ0v) is 12.1. The molecular weight excluding hydrogens is 234 g/mol. The molecule has 0 N–H and O–H groups in total. The number of hydrogen-bond donors (Lipinski definition) is 0. The summed E-state index contributed by atoms with van der Waals surface area (Å²) < 4.78 is 5.71. The van der Waals surface area contributed by atoms with Gasteiger partial charge in [-0.1, -0.05) is 13.2 Å². The number of ether oxygens (including phenoxy) is 1. The average Bonchev–Trinajstić information content (AvgIpc) is 2.16. The normalized spacial score (nSPS) is 11.7. The van der Waals surface area contributed by atoms with Gasteiger partial charge in [0.05, 0.1) is 27.1 Å². The molecule has 0 aliphatic carbocycles. The maximum atomic E-state index is 11.1. The maximum absolute atomic E-state index is 11.1. The molecule has 0 aromatic rings. The lowest BCUT2D eigenvalue weighted by molar-refractivity contribution is -0.914. The van der Waals surface area contributed by atoms with Gasteiger partial charge in [-0.25, -0.2) is 4.79 Å². The quantitative estimate of drug-likeness (QED) is 0.318. The van der Waals surface area contributed by atoms with E-state index in [0.29, 0.717) is 10.1 Å². The second kappa shape index (κ2) is 7.66. The number of esters is 1. The van der Waals surface area contributed by atoms with Gasteiger partial charge in [-0.2, -0.15) is 0 Å². The molecule has 0 amide bonds. The molecule has 0 fully saturated rings. The van der Waals surface area contributed by atoms with Gasteiger partial charge in [0.1, 0.15) is 0 Å². The van der Waals surface area contributed by atoms with Crippen molar-refractivity contribution in [2.75, 3.05) is 21.1 Å². The van der Waals surface area contributed by atoms with Crippen LogP contribution in [0.5, 0.6) is 0 Å². The van der Waals surface area contributed by atoms with Gasteiger partial charge in [-0.15, -0.1) is 0 Å². The summed E-state index contributed by atoms with van der Waals surface area (Å²) in [6.45, 7) is 11.5. The summed E-state index contributed by atoms with van der Waals surface area (Å²) in [6, 6.07) is 0. The molecule has 1 unspecified atom stereocenters. The monoisotopic (exact) mass is 257 g/mol. The number of aliphatic carboxylic acids is 1. The molecule has 5 heteroatoms. The Morgan fingerprint density at radius 3 is 1.61 bits per heavy atom. The number of quaternary nitrogens is 1. The second-order valence-electron chi connectivity index (χ2n) is 4.97. The van der Waals surface area contributed by atoms with Crippen LogP contribution in [0.3, 0.4) is 0 Å². The predicted octanol–water partition coefficient (Wildman–Crippen LogP) is 0.470. The minimum absolute atomic E-state index is 0.0648. The minimum Gasteiger partial charge on any atom is -0.545 e. The standard InChI is InChI=1S/C9H18NO2.C4H6O2/c1-7(2)9(11)12-8(3)10(4,5)6;1-3(2)4(5)6/h8H,1H2,2-6H3;1H2,2H3,(H,5,6)/q+1;/p-1. The van der Waals surface area contributed by atoms with Crippen LogP contribution in [-0.2, 0) is 14.3 Å². The Labute approximate surface area is 109 Å². The van der Waals surface area contributed by atoms with E-state index in [1.165, 1.54) is 6.92 Å². The Bertz CT molecular complexity index is 327. The minimum atomic E-state index is -1.19. The summed E-state index contributed by atoms with van der Waals surface area (Å²) in [7, 11) is 5.91. The number of carboxylic acids is 1. The summed E-state index contributed by atoms with van der Waals surface area (Å²) in [5, 5.41) is 9.49. The summed E-state index contributed by atoms with van der Waals surface area (Å²) in [5.74, 6) is -1.51. The smallest absolute Gasteiger partial charge is 0.337 e. The zero-order chi connectivity index (χ0) is 15.1. The molecule has 0 radical (unpaired) electrons. The van der Waals surface area contributed by atoms with Gasteiger partial charge in [-0.05, 0) is 19.4 Å². The highest BCUT2D eigenvalue weighted by molar-refractivity contribution is 5.86. The lowest BCUT2D eigenvalue weighted by Gasteiger charge is -2.30. The van der Waals surface area contributed by atoms with Gasteiger partial charge in [0.25, 0.3) is 0 Å². The van der Waals surface area contributed by atoms with Crippen LogP contribution in [0.25, 0.3) is 0 Å². The molecule has 5 nitrogen and oxygen atoms in total. The van der Waals surface area contributed by atoms with Crippen molar-refractivity contribution in [3.05, 3.63) is 24.3 Å². The molecule has 0 aromatic heterocycles. The van der Waals surface area contributed by atoms with Crippen LogP contribution in [0.15, 0.2) is 24.3 Å². The molecule has 1 atom stereocenters. The van der Waals surface area contributed by atoms with Crippen molar-refractivity contribution >= 4 is 11.9 Å². The average molecular weight is 257 g/mol. The van der Waals surface area contributed by atoms with E-state index in [9.17, 15) is 14.7 Å². The summed E-state index contributed by atoms with van der Waals surface area (Å²) >= 11 is 0. The van der Waals surface area contributed by atoms with E-state index in [1.54, 1.807) is 6.92 Å². The fourth-order valence-corrected chi connectivity index (χ4v) is 0.414. The molecule has 0 heterocycles. The number of carboxylic acid groups (broad SMARTS) is 1. The molecular formula is C13H23NO4. The summed E-state index contributed by atoms with van der Waals surface area (Å²) in [6.07, 6.45) is -0.144. The van der Waals surface area contributed by atoms with Crippen molar-refractivity contribution in [3.8, 4) is 0 Å². The second-order valence-corrected chi connectivity index (χ2v) is 4.97. The van der Waals surface area contributed by atoms with Gasteiger partial charge < -0.3 is 14.6 Å². The number of carbonyl (C=O) groups is 2. The van der Waals surface area contributed by atoms with Gasteiger partial charge in [0, 0.05) is 12.5 Å². The van der Waals surface area contributed by atoms with E-state index in [2.05, 4.69) is 13.2 Å². The Hall–Kier alpha value is -1.62. The molecule has 0 aliphatic heterocycles. The van der Waals surface area contributed by atoms with Gasteiger partial charge >= 0.3 is 5.97 Å². The Kier molecular flexibility index (Phi) is 7.97. The van der Waals surface area contributed by atoms with Crippen LogP contribution in [0.1, 0.15) is 20.8 Å². The predicted molar refractivity (Wildman–Crippen MR) is 68.2 cm³/mol. The van der Waals surface area contributed by atoms with Crippen molar-refractivity contribution in [3.63, 3.8) is 0 Å². The first-order valence-corrected chi connectivity index (χ1v) is 5.44. The molecule has 0 bridgehead atoms. The third kappa shape index (κ3) is 9.59. The van der Waals surface area contributed by atoms with Crippen molar-refractivity contribution < 1.29 is 23.9 Å². The molecule has 0 rings (SSSR count). The topological polar surface area (TPSA) is 66.4 Å². The molecule has 0 aromatic carbocycles. The Morgan fingerprint density at radius 2 is 1.44 bits per heavy atom. The van der Waals surface area contributed by atoms with Gasteiger partial charge in [0.15, 0.2) is 0 Å². The van der Waals surface area contributed by atoms with E-state index >= 15 is 0 Å². The highest BCUT2D eigenvalue weighted by atomic mass is 16.6. The van der Waals surface area contributed by atoms with Crippen molar-refractivity contribution in [1.29, 1.82) is 0 Å². The molecule has 104 valence electrons. The van der Waals surface area contributed by atoms with E-state index in [1.807, 2.05) is 28.1 Å². The largest absolute Gasteiger partial charge is 0.545 e. The molecule has 0 spiro atoms. The third-order valence-electron chi connectivity index (χ3n) is 2.07. The summed E-state index contributed by atoms with van der Waals surface area (Å²) in [4.78, 5) is 20.6. The SMILES string of the molecule is C=C(C)C(=O)OC(C)[N+](C)(C)C.C=C(C)C(=O)[O-]. The van der Waals surface area contributed by atoms with Crippen molar-refractivity contribution in [1.82, 2.24) is 0 Å². The van der Waals surface area contributed by atoms with E-state index < -0.39 is 5.97 Å². The van der Waals surface area contributed by atoms with E-state index in [4.69, 9.17) is 4.74 Å². The van der Waals surface area contributed by atoms with Crippen LogP contribution in [0, 0.1) is 0 Å². The van der Waals surface area contributed by atoms with Crippen LogP contribution in [0.2, 0.25) is 0 Å². The number of rotatable bonds is 4. The van der Waals surface area contributed by atoms with E-state index in [-0.39, 0.29) is 17.8 Å². The van der Waals surface area contributed by atoms with E-state index in [0.717, 1.165) is 0 Å². The third-order valence-corrected chi connectivity index (χ3v) is 2.07. The maximum Gasteiger partial charge on any atom is 0.337 e. The van der Waals surface area contributed by atoms with Crippen LogP contribution in [-0.4, -0.2) is 43.8 Å². The number of nitrogens with zero attached hydrogens (tertiary/aromatic N) is 1. The Balaban J connectivity index is 0. The summed E-state index contributed by atoms with van der Waals surface area (Å²) in [5.41, 5.74) is 0.505. The first-order valence-electron chi connectivity index (χ1n) is 5.44. The lowest BCUT2D eigenvalue weighted by Crippen LogP contribution is -2.45. The zero-order valence-electron chi connectivity index (χ0n) is 12.1. The molecule has 18 heavy (non-hydrogen) atoms. The van der Waals surface area contributed by atoms with Crippen LogP contribution < -0.4 is 5.11 Å². The van der Waals surface area contributed by atoms with Crippen LogP contribution >= 0.6 is 0 Å². The van der Waals surface area contributed by atoms with Gasteiger partial charge in [0.2, 0.25) is 6.23 Å². The fraction of sp³-hybridized carbons (Fsp3) is 0.538. The van der Waals surface area contributed by atoms with Gasteiger partial charge in [-0.3, -0.25) is 4.48 Å². The molecule has 0 saturated carbocycles. The van der Waals surface area contributed by atoms with Crippen molar-refractivity contribution in [2.24, 2.45) is 0 Å².